The second kappa shape index (κ2) is 5.54. The second-order valence-corrected chi connectivity index (χ2v) is 8.37. The van der Waals surface area contributed by atoms with Crippen LogP contribution in [0.3, 0.4) is 0 Å². The highest BCUT2D eigenvalue weighted by Gasteiger charge is 2.51. The molecule has 4 heteroatoms. The number of aromatic nitrogens is 1. The molecule has 0 amide bonds. The lowest BCUT2D eigenvalue weighted by atomic mass is 9.78. The average molecular weight is 355 g/mol. The third-order valence-corrected chi connectivity index (χ3v) is 6.12. The van der Waals surface area contributed by atoms with Gasteiger partial charge in [0.05, 0.1) is 16.7 Å². The SMILES string of the molecule is CC1(C)OB(c2ccc3ncc4ccc5ccccc5c4c3c2)OC1(C)C. The number of rotatable bonds is 1. The number of benzene rings is 3. The smallest absolute Gasteiger partial charge is 0.399 e. The lowest BCUT2D eigenvalue weighted by Gasteiger charge is -2.32. The molecule has 0 saturated carbocycles. The molecule has 5 rings (SSSR count). The van der Waals surface area contributed by atoms with Crippen molar-refractivity contribution in [3.63, 3.8) is 0 Å². The first-order valence-corrected chi connectivity index (χ1v) is 9.41. The minimum atomic E-state index is -0.371. The summed E-state index contributed by atoms with van der Waals surface area (Å²) in [7, 11) is -0.371. The van der Waals surface area contributed by atoms with Gasteiger partial charge in [0.25, 0.3) is 0 Å². The lowest BCUT2D eigenvalue weighted by Crippen LogP contribution is -2.41. The Balaban J connectivity index is 1.76. The molecule has 0 radical (unpaired) electrons. The zero-order valence-electron chi connectivity index (χ0n) is 16.1. The zero-order valence-corrected chi connectivity index (χ0v) is 16.1. The van der Waals surface area contributed by atoms with Crippen molar-refractivity contribution in [3.8, 4) is 0 Å². The van der Waals surface area contributed by atoms with Gasteiger partial charge in [0.1, 0.15) is 0 Å². The molecule has 1 fully saturated rings. The van der Waals surface area contributed by atoms with Gasteiger partial charge >= 0.3 is 7.12 Å². The maximum atomic E-state index is 6.26. The van der Waals surface area contributed by atoms with E-state index in [-0.39, 0.29) is 18.3 Å². The van der Waals surface area contributed by atoms with E-state index in [2.05, 4.69) is 87.3 Å². The molecule has 4 aromatic rings. The average Bonchev–Trinajstić information content (AvgIpc) is 2.88. The van der Waals surface area contributed by atoms with Crippen LogP contribution in [0.25, 0.3) is 32.4 Å². The molecule has 0 unspecified atom stereocenters. The van der Waals surface area contributed by atoms with Gasteiger partial charge in [0.2, 0.25) is 0 Å². The van der Waals surface area contributed by atoms with Crippen LogP contribution in [0.15, 0.2) is 60.8 Å². The van der Waals surface area contributed by atoms with E-state index < -0.39 is 0 Å². The third kappa shape index (κ3) is 2.48. The fourth-order valence-electron chi connectivity index (χ4n) is 3.83. The van der Waals surface area contributed by atoms with Gasteiger partial charge < -0.3 is 9.31 Å². The molecule has 134 valence electrons. The van der Waals surface area contributed by atoms with Gasteiger partial charge in [0, 0.05) is 22.4 Å². The van der Waals surface area contributed by atoms with Gasteiger partial charge in [-0.05, 0) is 50.0 Å². The fraction of sp³-hybridized carbons (Fsp3) is 0.261. The van der Waals surface area contributed by atoms with E-state index in [9.17, 15) is 0 Å². The molecule has 1 saturated heterocycles. The maximum absolute atomic E-state index is 6.26. The quantitative estimate of drug-likeness (QED) is 0.362. The van der Waals surface area contributed by atoms with Crippen molar-refractivity contribution < 1.29 is 9.31 Å². The molecule has 0 bridgehead atoms. The Hall–Kier alpha value is -2.43. The van der Waals surface area contributed by atoms with Gasteiger partial charge in [-0.1, -0.05) is 48.5 Å². The predicted molar refractivity (Wildman–Crippen MR) is 112 cm³/mol. The Kier molecular flexibility index (Phi) is 3.43. The zero-order chi connectivity index (χ0) is 18.8. The molecular weight excluding hydrogens is 333 g/mol. The summed E-state index contributed by atoms with van der Waals surface area (Å²) in [5.74, 6) is 0. The van der Waals surface area contributed by atoms with E-state index in [1.165, 1.54) is 16.2 Å². The van der Waals surface area contributed by atoms with Crippen molar-refractivity contribution in [1.82, 2.24) is 4.98 Å². The maximum Gasteiger partial charge on any atom is 0.494 e. The highest BCUT2D eigenvalue weighted by molar-refractivity contribution is 6.62. The monoisotopic (exact) mass is 355 g/mol. The van der Waals surface area contributed by atoms with Crippen molar-refractivity contribution in [3.05, 3.63) is 60.8 Å². The van der Waals surface area contributed by atoms with E-state index in [1.54, 1.807) is 0 Å². The van der Waals surface area contributed by atoms with Crippen LogP contribution in [0.5, 0.6) is 0 Å². The molecule has 1 aliphatic rings. The first-order chi connectivity index (χ1) is 12.9. The molecule has 0 N–H and O–H groups in total. The molecule has 27 heavy (non-hydrogen) atoms. The van der Waals surface area contributed by atoms with Gasteiger partial charge in [-0.3, -0.25) is 4.98 Å². The van der Waals surface area contributed by atoms with Gasteiger partial charge in [0.15, 0.2) is 0 Å². The highest BCUT2D eigenvalue weighted by atomic mass is 16.7. The van der Waals surface area contributed by atoms with Crippen molar-refractivity contribution >= 4 is 45.0 Å². The van der Waals surface area contributed by atoms with E-state index in [0.29, 0.717) is 0 Å². The summed E-state index contributed by atoms with van der Waals surface area (Å²) in [6, 6.07) is 19.1. The van der Waals surface area contributed by atoms with Crippen molar-refractivity contribution in [2.75, 3.05) is 0 Å². The summed E-state index contributed by atoms with van der Waals surface area (Å²) < 4.78 is 12.5. The summed E-state index contributed by atoms with van der Waals surface area (Å²) in [4.78, 5) is 4.66. The third-order valence-electron chi connectivity index (χ3n) is 6.12. The molecule has 0 atom stereocenters. The van der Waals surface area contributed by atoms with E-state index in [1.807, 2.05) is 6.20 Å². The Morgan fingerprint density at radius 3 is 2.26 bits per heavy atom. The van der Waals surface area contributed by atoms with Crippen LogP contribution < -0.4 is 5.46 Å². The van der Waals surface area contributed by atoms with E-state index in [0.717, 1.165) is 21.8 Å². The molecule has 2 heterocycles. The van der Waals surface area contributed by atoms with Crippen molar-refractivity contribution in [2.24, 2.45) is 0 Å². The van der Waals surface area contributed by atoms with Crippen LogP contribution >= 0.6 is 0 Å². The second-order valence-electron chi connectivity index (χ2n) is 8.37. The number of hydrogen-bond donors (Lipinski definition) is 0. The molecule has 3 aromatic carbocycles. The number of nitrogens with zero attached hydrogens (tertiary/aromatic N) is 1. The Morgan fingerprint density at radius 1 is 0.778 bits per heavy atom. The van der Waals surface area contributed by atoms with Crippen LogP contribution in [0.4, 0.5) is 0 Å². The Bertz CT molecular complexity index is 1180. The summed E-state index contributed by atoms with van der Waals surface area (Å²) in [5.41, 5.74) is 1.31. The number of pyridine rings is 1. The Labute approximate surface area is 159 Å². The van der Waals surface area contributed by atoms with Crippen LogP contribution in [0.2, 0.25) is 0 Å². The van der Waals surface area contributed by atoms with Gasteiger partial charge in [-0.15, -0.1) is 0 Å². The van der Waals surface area contributed by atoms with Crippen LogP contribution in [0, 0.1) is 0 Å². The summed E-state index contributed by atoms with van der Waals surface area (Å²) >= 11 is 0. The lowest BCUT2D eigenvalue weighted by molar-refractivity contribution is 0.00578. The minimum absolute atomic E-state index is 0.351. The molecule has 0 aliphatic carbocycles. The normalized spacial score (nSPS) is 18.6. The molecule has 1 aliphatic heterocycles. The first-order valence-electron chi connectivity index (χ1n) is 9.41. The summed E-state index contributed by atoms with van der Waals surface area (Å²) in [6.45, 7) is 8.33. The van der Waals surface area contributed by atoms with Crippen molar-refractivity contribution in [2.45, 2.75) is 38.9 Å². The highest BCUT2D eigenvalue weighted by Crippen LogP contribution is 2.37. The van der Waals surface area contributed by atoms with Crippen LogP contribution in [-0.2, 0) is 9.31 Å². The molecular formula is C23H22BNO2. The van der Waals surface area contributed by atoms with Gasteiger partial charge in [-0.2, -0.15) is 0 Å². The summed E-state index contributed by atoms with van der Waals surface area (Å²) in [5, 5.41) is 5.99. The molecule has 3 nitrogen and oxygen atoms in total. The van der Waals surface area contributed by atoms with Crippen LogP contribution in [0.1, 0.15) is 27.7 Å². The predicted octanol–water partition coefficient (Wildman–Crippen LogP) is 4.84. The largest absolute Gasteiger partial charge is 0.494 e. The van der Waals surface area contributed by atoms with E-state index >= 15 is 0 Å². The Morgan fingerprint density at radius 2 is 1.48 bits per heavy atom. The fourth-order valence-corrected chi connectivity index (χ4v) is 3.83. The standard InChI is InChI=1S/C23H22BNO2/c1-22(2)23(3,4)27-24(26-22)17-11-12-20-19(13-17)21-16(14-25-20)10-9-15-7-5-6-8-18(15)21/h5-14H,1-4H3. The van der Waals surface area contributed by atoms with Gasteiger partial charge in [-0.25, -0.2) is 0 Å². The topological polar surface area (TPSA) is 31.4 Å². The van der Waals surface area contributed by atoms with Crippen molar-refractivity contribution in [1.29, 1.82) is 0 Å². The summed E-state index contributed by atoms with van der Waals surface area (Å²) in [6.07, 6.45) is 1.96. The molecule has 1 aromatic heterocycles. The molecule has 0 spiro atoms. The number of fused-ring (bicyclic) bond motifs is 5. The minimum Gasteiger partial charge on any atom is -0.399 e. The van der Waals surface area contributed by atoms with E-state index in [4.69, 9.17) is 9.31 Å². The number of hydrogen-bond acceptors (Lipinski definition) is 3. The first kappa shape index (κ1) is 16.7. The van der Waals surface area contributed by atoms with Crippen LogP contribution in [-0.4, -0.2) is 23.3 Å².